The van der Waals surface area contributed by atoms with Gasteiger partial charge in [0.2, 0.25) is 0 Å². The number of methoxy groups -OCH3 is 1. The molecule has 27 heavy (non-hydrogen) atoms. The van der Waals surface area contributed by atoms with Gasteiger partial charge in [0.05, 0.1) is 7.11 Å². The molecule has 4 nitrogen and oxygen atoms in total. The van der Waals surface area contributed by atoms with Gasteiger partial charge in [-0.25, -0.2) is 0 Å². The van der Waals surface area contributed by atoms with Crippen molar-refractivity contribution >= 4 is 0 Å². The Balaban J connectivity index is 1.30. The van der Waals surface area contributed by atoms with Crippen LogP contribution in [0, 0.1) is 0 Å². The molecule has 0 radical (unpaired) electrons. The molecule has 2 aromatic carbocycles. The first-order chi connectivity index (χ1) is 13.2. The summed E-state index contributed by atoms with van der Waals surface area (Å²) in [6.07, 6.45) is 3.61. The van der Waals surface area contributed by atoms with Gasteiger partial charge in [0.1, 0.15) is 17.6 Å². The molecule has 0 amide bonds. The SMILES string of the molecule is COc1cc2c(cc1CNC1CCN(Cc3ccccc3)CC1)OC(C)C2. The van der Waals surface area contributed by atoms with E-state index in [0.29, 0.717) is 6.04 Å². The van der Waals surface area contributed by atoms with Gasteiger partial charge in [0.25, 0.3) is 0 Å². The molecule has 4 rings (SSSR count). The quantitative estimate of drug-likeness (QED) is 0.844. The van der Waals surface area contributed by atoms with Gasteiger partial charge in [-0.05, 0) is 50.6 Å². The molecule has 1 saturated heterocycles. The number of nitrogens with one attached hydrogen (secondary N) is 1. The van der Waals surface area contributed by atoms with E-state index in [9.17, 15) is 0 Å². The zero-order chi connectivity index (χ0) is 18.6. The lowest BCUT2D eigenvalue weighted by molar-refractivity contribution is 0.190. The highest BCUT2D eigenvalue weighted by Crippen LogP contribution is 2.35. The van der Waals surface area contributed by atoms with E-state index >= 15 is 0 Å². The van der Waals surface area contributed by atoms with Crippen molar-refractivity contribution in [1.82, 2.24) is 10.2 Å². The number of likely N-dealkylation sites (tertiary alicyclic amines) is 1. The molecule has 2 aliphatic heterocycles. The zero-order valence-corrected chi connectivity index (χ0v) is 16.4. The third kappa shape index (κ3) is 4.45. The number of rotatable bonds is 6. The first-order valence-corrected chi connectivity index (χ1v) is 10.1. The maximum absolute atomic E-state index is 5.92. The fraction of sp³-hybridized carbons (Fsp3) is 0.478. The Morgan fingerprint density at radius 1 is 1.15 bits per heavy atom. The summed E-state index contributed by atoms with van der Waals surface area (Å²) in [7, 11) is 1.76. The maximum atomic E-state index is 5.92. The van der Waals surface area contributed by atoms with Crippen molar-refractivity contribution in [2.45, 2.75) is 51.4 Å². The molecule has 144 valence electrons. The number of hydrogen-bond acceptors (Lipinski definition) is 4. The normalized spacial score (nSPS) is 20.3. The van der Waals surface area contributed by atoms with Gasteiger partial charge in [-0.2, -0.15) is 0 Å². The highest BCUT2D eigenvalue weighted by atomic mass is 16.5. The van der Waals surface area contributed by atoms with Crippen LogP contribution < -0.4 is 14.8 Å². The second-order valence-corrected chi connectivity index (χ2v) is 7.82. The monoisotopic (exact) mass is 366 g/mol. The van der Waals surface area contributed by atoms with Gasteiger partial charge in [0, 0.05) is 36.7 Å². The molecule has 0 aromatic heterocycles. The summed E-state index contributed by atoms with van der Waals surface area (Å²) in [5.74, 6) is 2.00. The molecule has 2 aliphatic rings. The molecule has 2 aromatic rings. The van der Waals surface area contributed by atoms with Crippen LogP contribution in [0.25, 0.3) is 0 Å². The Hall–Kier alpha value is -2.04. The summed E-state index contributed by atoms with van der Waals surface area (Å²) < 4.78 is 11.5. The Kier molecular flexibility index (Phi) is 5.65. The highest BCUT2D eigenvalue weighted by Gasteiger charge is 2.23. The average molecular weight is 367 g/mol. The van der Waals surface area contributed by atoms with Crippen molar-refractivity contribution < 1.29 is 9.47 Å². The predicted octanol–water partition coefficient (Wildman–Crippen LogP) is 3.77. The minimum atomic E-state index is 0.266. The molecule has 0 aliphatic carbocycles. The zero-order valence-electron chi connectivity index (χ0n) is 16.4. The molecule has 0 bridgehead atoms. The second-order valence-electron chi connectivity index (χ2n) is 7.82. The first kappa shape index (κ1) is 18.3. The van der Waals surface area contributed by atoms with Crippen LogP contribution in [-0.4, -0.2) is 37.2 Å². The highest BCUT2D eigenvalue weighted by molar-refractivity contribution is 5.48. The van der Waals surface area contributed by atoms with Crippen molar-refractivity contribution in [2.24, 2.45) is 0 Å². The number of piperidine rings is 1. The van der Waals surface area contributed by atoms with Crippen molar-refractivity contribution in [3.8, 4) is 11.5 Å². The Bertz CT molecular complexity index is 754. The standard InChI is InChI=1S/C23H30N2O2/c1-17-12-19-13-22(26-2)20(14-23(19)27-17)15-24-21-8-10-25(11-9-21)16-18-6-4-3-5-7-18/h3-7,13-14,17,21,24H,8-12,15-16H2,1-2H3. The summed E-state index contributed by atoms with van der Waals surface area (Å²) in [6.45, 7) is 6.30. The third-order valence-electron chi connectivity index (χ3n) is 5.72. The van der Waals surface area contributed by atoms with Gasteiger partial charge in [-0.15, -0.1) is 0 Å². The first-order valence-electron chi connectivity index (χ1n) is 10.1. The van der Waals surface area contributed by atoms with E-state index in [2.05, 4.69) is 59.6 Å². The van der Waals surface area contributed by atoms with Crippen LogP contribution in [0.2, 0.25) is 0 Å². The second kappa shape index (κ2) is 8.32. The number of ether oxygens (including phenoxy) is 2. The minimum absolute atomic E-state index is 0.266. The van der Waals surface area contributed by atoms with Crippen molar-refractivity contribution in [1.29, 1.82) is 0 Å². The van der Waals surface area contributed by atoms with Crippen LogP contribution in [0.5, 0.6) is 11.5 Å². The molecule has 0 spiro atoms. The van der Waals surface area contributed by atoms with Crippen molar-refractivity contribution in [3.63, 3.8) is 0 Å². The van der Waals surface area contributed by atoms with E-state index in [4.69, 9.17) is 9.47 Å². The summed E-state index contributed by atoms with van der Waals surface area (Å²) in [4.78, 5) is 2.55. The molecule has 4 heteroatoms. The molecule has 1 fully saturated rings. The minimum Gasteiger partial charge on any atom is -0.496 e. The molecule has 0 saturated carbocycles. The largest absolute Gasteiger partial charge is 0.496 e. The van der Waals surface area contributed by atoms with E-state index in [1.807, 2.05) is 0 Å². The molecule has 2 heterocycles. The van der Waals surface area contributed by atoms with Crippen molar-refractivity contribution in [3.05, 3.63) is 59.2 Å². The van der Waals surface area contributed by atoms with Crippen LogP contribution in [0.3, 0.4) is 0 Å². The van der Waals surface area contributed by atoms with Gasteiger partial charge in [-0.1, -0.05) is 30.3 Å². The van der Waals surface area contributed by atoms with Crippen molar-refractivity contribution in [2.75, 3.05) is 20.2 Å². The van der Waals surface area contributed by atoms with Crippen LogP contribution in [0.4, 0.5) is 0 Å². The lowest BCUT2D eigenvalue weighted by atomic mass is 10.0. The number of nitrogens with zero attached hydrogens (tertiary/aromatic N) is 1. The van der Waals surface area contributed by atoms with Gasteiger partial charge in [0.15, 0.2) is 0 Å². The van der Waals surface area contributed by atoms with Crippen LogP contribution >= 0.6 is 0 Å². The number of fused-ring (bicyclic) bond motifs is 1. The van der Waals surface area contributed by atoms with E-state index in [-0.39, 0.29) is 6.10 Å². The number of hydrogen-bond donors (Lipinski definition) is 1. The molecular formula is C23H30N2O2. The Morgan fingerprint density at radius 3 is 2.67 bits per heavy atom. The maximum Gasteiger partial charge on any atom is 0.123 e. The topological polar surface area (TPSA) is 33.7 Å². The summed E-state index contributed by atoms with van der Waals surface area (Å²) in [5.41, 5.74) is 3.86. The van der Waals surface area contributed by atoms with Crippen LogP contribution in [0.1, 0.15) is 36.5 Å². The van der Waals surface area contributed by atoms with E-state index in [1.165, 1.54) is 29.5 Å². The van der Waals surface area contributed by atoms with Crippen LogP contribution in [-0.2, 0) is 19.5 Å². The fourth-order valence-electron chi connectivity index (χ4n) is 4.20. The molecule has 1 unspecified atom stereocenters. The lowest BCUT2D eigenvalue weighted by Crippen LogP contribution is -2.41. The van der Waals surface area contributed by atoms with Gasteiger partial charge >= 0.3 is 0 Å². The Morgan fingerprint density at radius 2 is 1.93 bits per heavy atom. The predicted molar refractivity (Wildman–Crippen MR) is 108 cm³/mol. The van der Waals surface area contributed by atoms with Gasteiger partial charge < -0.3 is 14.8 Å². The molecule has 1 N–H and O–H groups in total. The Labute approximate surface area is 162 Å². The smallest absolute Gasteiger partial charge is 0.123 e. The molecular weight excluding hydrogens is 336 g/mol. The third-order valence-corrected chi connectivity index (χ3v) is 5.72. The van der Waals surface area contributed by atoms with Gasteiger partial charge in [-0.3, -0.25) is 4.90 Å². The summed E-state index contributed by atoms with van der Waals surface area (Å²) in [5, 5.41) is 3.74. The summed E-state index contributed by atoms with van der Waals surface area (Å²) >= 11 is 0. The molecule has 1 atom stereocenters. The lowest BCUT2D eigenvalue weighted by Gasteiger charge is -2.32. The fourth-order valence-corrected chi connectivity index (χ4v) is 4.20. The van der Waals surface area contributed by atoms with E-state index in [0.717, 1.165) is 44.1 Å². The van der Waals surface area contributed by atoms with E-state index in [1.54, 1.807) is 7.11 Å². The average Bonchev–Trinajstić information content (AvgIpc) is 3.06. The van der Waals surface area contributed by atoms with Crippen LogP contribution in [0.15, 0.2) is 42.5 Å². The van der Waals surface area contributed by atoms with E-state index < -0.39 is 0 Å². The summed E-state index contributed by atoms with van der Waals surface area (Å²) in [6, 6.07) is 15.6. The number of benzene rings is 2.